The molecule has 0 aliphatic carbocycles. The van der Waals surface area contributed by atoms with Crippen LogP contribution < -0.4 is 0 Å². The van der Waals surface area contributed by atoms with Crippen molar-refractivity contribution in [2.45, 2.75) is 32.9 Å². The van der Waals surface area contributed by atoms with Crippen molar-refractivity contribution in [2.24, 2.45) is 5.92 Å². The minimum absolute atomic E-state index is 0.311. The monoisotopic (exact) mass is 249 g/mol. The first-order valence-electron chi connectivity index (χ1n) is 6.70. The summed E-state index contributed by atoms with van der Waals surface area (Å²) >= 11 is 0. The highest BCUT2D eigenvalue weighted by molar-refractivity contribution is 5.16. The quantitative estimate of drug-likeness (QED) is 0.806. The minimum atomic E-state index is 0.311. The van der Waals surface area contributed by atoms with Gasteiger partial charge in [0.1, 0.15) is 0 Å². The Morgan fingerprint density at radius 2 is 2.44 bits per heavy atom. The maximum Gasteiger partial charge on any atom is 0.0590 e. The van der Waals surface area contributed by atoms with Gasteiger partial charge in [0.15, 0.2) is 0 Å². The lowest BCUT2D eigenvalue weighted by atomic mass is 9.98. The van der Waals surface area contributed by atoms with Crippen LogP contribution in [0.3, 0.4) is 0 Å². The predicted molar refractivity (Wildman–Crippen MR) is 72.2 cm³/mol. The second-order valence-electron chi connectivity index (χ2n) is 5.15. The van der Waals surface area contributed by atoms with Crippen LogP contribution in [0.1, 0.15) is 24.1 Å². The number of aliphatic hydroxyl groups is 1. The van der Waals surface area contributed by atoms with Gasteiger partial charge in [-0.15, -0.1) is 6.58 Å². The van der Waals surface area contributed by atoms with Crippen molar-refractivity contribution in [1.82, 2.24) is 14.7 Å². The van der Waals surface area contributed by atoms with Gasteiger partial charge < -0.3 is 5.11 Å². The van der Waals surface area contributed by atoms with E-state index in [1.54, 1.807) is 0 Å². The third-order valence-electron chi connectivity index (χ3n) is 3.76. The van der Waals surface area contributed by atoms with Crippen molar-refractivity contribution in [1.29, 1.82) is 0 Å². The summed E-state index contributed by atoms with van der Waals surface area (Å²) in [6, 6.07) is 0. The standard InChI is InChI=1S/C14H23N3O/c1-3-6-17-12(2)14(8-15-17)10-16-7-4-5-13(9-16)11-18/h3,8,13,18H,1,4-7,9-11H2,2H3/t13-/m1/s1. The Bertz CT molecular complexity index is 400. The molecule has 0 bridgehead atoms. The number of likely N-dealkylation sites (tertiary alicyclic amines) is 1. The Morgan fingerprint density at radius 1 is 1.61 bits per heavy atom. The summed E-state index contributed by atoms with van der Waals surface area (Å²) in [5, 5.41) is 13.6. The summed E-state index contributed by atoms with van der Waals surface area (Å²) in [6.07, 6.45) is 6.17. The molecule has 1 aromatic rings. The predicted octanol–water partition coefficient (Wildman–Crippen LogP) is 1.58. The van der Waals surface area contributed by atoms with Crippen LogP contribution in [0, 0.1) is 12.8 Å². The molecule has 0 radical (unpaired) electrons. The van der Waals surface area contributed by atoms with Gasteiger partial charge >= 0.3 is 0 Å². The van der Waals surface area contributed by atoms with Crippen LogP contribution in [-0.2, 0) is 13.1 Å². The number of hydrogen-bond donors (Lipinski definition) is 1. The zero-order valence-electron chi connectivity index (χ0n) is 11.2. The van der Waals surface area contributed by atoms with Gasteiger partial charge in [0.25, 0.3) is 0 Å². The highest BCUT2D eigenvalue weighted by Gasteiger charge is 2.20. The smallest absolute Gasteiger partial charge is 0.0590 e. The highest BCUT2D eigenvalue weighted by atomic mass is 16.3. The topological polar surface area (TPSA) is 41.3 Å². The van der Waals surface area contributed by atoms with Crippen molar-refractivity contribution in [2.75, 3.05) is 19.7 Å². The Hall–Kier alpha value is -1.13. The van der Waals surface area contributed by atoms with Crippen LogP contribution in [0.15, 0.2) is 18.9 Å². The molecule has 2 rings (SSSR count). The lowest BCUT2D eigenvalue weighted by molar-refractivity contribution is 0.115. The van der Waals surface area contributed by atoms with E-state index in [1.807, 2.05) is 17.0 Å². The number of aliphatic hydroxyl groups excluding tert-OH is 1. The summed E-state index contributed by atoms with van der Waals surface area (Å²) < 4.78 is 1.98. The van der Waals surface area contributed by atoms with Crippen molar-refractivity contribution in [3.8, 4) is 0 Å². The molecule has 0 saturated carbocycles. The highest BCUT2D eigenvalue weighted by Crippen LogP contribution is 2.19. The fraction of sp³-hybridized carbons (Fsp3) is 0.643. The van der Waals surface area contributed by atoms with Crippen molar-refractivity contribution in [3.05, 3.63) is 30.1 Å². The lowest BCUT2D eigenvalue weighted by Gasteiger charge is -2.31. The van der Waals surface area contributed by atoms with Gasteiger partial charge in [-0.1, -0.05) is 6.08 Å². The molecule has 4 nitrogen and oxygen atoms in total. The van der Waals surface area contributed by atoms with E-state index in [2.05, 4.69) is 23.5 Å². The SMILES string of the molecule is C=CCn1ncc(CN2CCC[C@@H](CO)C2)c1C. The fourth-order valence-electron chi connectivity index (χ4n) is 2.63. The zero-order valence-corrected chi connectivity index (χ0v) is 11.2. The van der Waals surface area contributed by atoms with Gasteiger partial charge in [-0.25, -0.2) is 0 Å². The summed E-state index contributed by atoms with van der Waals surface area (Å²) in [6.45, 7) is 10.0. The average molecular weight is 249 g/mol. The Balaban J connectivity index is 1.98. The molecule has 1 fully saturated rings. The number of rotatable bonds is 5. The van der Waals surface area contributed by atoms with Crippen LogP contribution in [0.2, 0.25) is 0 Å². The molecule has 1 atom stereocenters. The second kappa shape index (κ2) is 6.16. The molecule has 0 aromatic carbocycles. The van der Waals surface area contributed by atoms with Crippen molar-refractivity contribution < 1.29 is 5.11 Å². The minimum Gasteiger partial charge on any atom is -0.396 e. The molecule has 1 aliphatic heterocycles. The van der Waals surface area contributed by atoms with E-state index >= 15 is 0 Å². The zero-order chi connectivity index (χ0) is 13.0. The molecule has 0 spiro atoms. The van der Waals surface area contributed by atoms with E-state index in [0.717, 1.165) is 32.6 Å². The van der Waals surface area contributed by atoms with Crippen molar-refractivity contribution >= 4 is 0 Å². The fourth-order valence-corrected chi connectivity index (χ4v) is 2.63. The molecule has 18 heavy (non-hydrogen) atoms. The van der Waals surface area contributed by atoms with Gasteiger partial charge in [-0.3, -0.25) is 9.58 Å². The molecule has 4 heteroatoms. The molecular weight excluding hydrogens is 226 g/mol. The Labute approximate surface area is 109 Å². The van der Waals surface area contributed by atoms with Crippen LogP contribution in [0.4, 0.5) is 0 Å². The summed E-state index contributed by atoms with van der Waals surface area (Å²) in [4.78, 5) is 2.42. The van der Waals surface area contributed by atoms with E-state index in [-0.39, 0.29) is 0 Å². The van der Waals surface area contributed by atoms with Gasteiger partial charge in [0.2, 0.25) is 0 Å². The third-order valence-corrected chi connectivity index (χ3v) is 3.76. The summed E-state index contributed by atoms with van der Waals surface area (Å²) in [5.74, 6) is 0.447. The largest absolute Gasteiger partial charge is 0.396 e. The number of hydrogen-bond acceptors (Lipinski definition) is 3. The van der Waals surface area contributed by atoms with E-state index in [9.17, 15) is 5.11 Å². The summed E-state index contributed by atoms with van der Waals surface area (Å²) in [5.41, 5.74) is 2.51. The van der Waals surface area contributed by atoms with Crippen LogP contribution in [0.5, 0.6) is 0 Å². The summed E-state index contributed by atoms with van der Waals surface area (Å²) in [7, 11) is 0. The first kappa shape index (κ1) is 13.3. The first-order chi connectivity index (χ1) is 8.74. The van der Waals surface area contributed by atoms with E-state index < -0.39 is 0 Å². The van der Waals surface area contributed by atoms with Gasteiger partial charge in [0, 0.05) is 31.0 Å². The van der Waals surface area contributed by atoms with Crippen LogP contribution in [-0.4, -0.2) is 39.5 Å². The van der Waals surface area contributed by atoms with E-state index in [1.165, 1.54) is 17.7 Å². The number of aromatic nitrogens is 2. The Kier molecular flexibility index (Phi) is 4.55. The molecule has 0 unspecified atom stereocenters. The number of allylic oxidation sites excluding steroid dienone is 1. The van der Waals surface area contributed by atoms with Crippen LogP contribution in [0.25, 0.3) is 0 Å². The molecular formula is C14H23N3O. The molecule has 1 aromatic heterocycles. The number of piperidine rings is 1. The molecule has 2 heterocycles. The van der Waals surface area contributed by atoms with E-state index in [4.69, 9.17) is 0 Å². The van der Waals surface area contributed by atoms with Gasteiger partial charge in [-0.05, 0) is 32.2 Å². The van der Waals surface area contributed by atoms with E-state index in [0.29, 0.717) is 12.5 Å². The normalized spacial score (nSPS) is 21.1. The molecule has 1 N–H and O–H groups in total. The van der Waals surface area contributed by atoms with Crippen molar-refractivity contribution in [3.63, 3.8) is 0 Å². The molecule has 0 amide bonds. The molecule has 1 saturated heterocycles. The van der Waals surface area contributed by atoms with Gasteiger partial charge in [0.05, 0.1) is 12.7 Å². The molecule has 100 valence electrons. The Morgan fingerprint density at radius 3 is 3.17 bits per heavy atom. The lowest BCUT2D eigenvalue weighted by Crippen LogP contribution is -2.36. The van der Waals surface area contributed by atoms with Gasteiger partial charge in [-0.2, -0.15) is 5.10 Å². The molecule has 1 aliphatic rings. The second-order valence-corrected chi connectivity index (χ2v) is 5.15. The third kappa shape index (κ3) is 3.00. The average Bonchev–Trinajstić information content (AvgIpc) is 2.72. The first-order valence-corrected chi connectivity index (χ1v) is 6.70. The van der Waals surface area contributed by atoms with Crippen LogP contribution >= 0.6 is 0 Å². The maximum atomic E-state index is 9.25. The maximum absolute atomic E-state index is 9.25. The number of nitrogens with zero attached hydrogens (tertiary/aromatic N) is 3.